The van der Waals surface area contributed by atoms with E-state index in [4.69, 9.17) is 9.47 Å². The first-order valence-electron chi connectivity index (χ1n) is 6.34. The summed E-state index contributed by atoms with van der Waals surface area (Å²) >= 11 is 0. The van der Waals surface area contributed by atoms with Crippen LogP contribution < -0.4 is 15.0 Å². The lowest BCUT2D eigenvalue weighted by Gasteiger charge is -2.09. The van der Waals surface area contributed by atoms with E-state index in [-0.39, 0.29) is 5.82 Å². The number of methoxy groups -OCH3 is 2. The second kappa shape index (κ2) is 6.60. The Kier molecular flexibility index (Phi) is 4.60. The van der Waals surface area contributed by atoms with Crippen molar-refractivity contribution in [2.75, 3.05) is 14.2 Å². The van der Waals surface area contributed by atoms with Gasteiger partial charge in [0, 0.05) is 5.56 Å². The number of aromatic amines is 1. The second-order valence-electron chi connectivity index (χ2n) is 4.30. The van der Waals surface area contributed by atoms with E-state index in [9.17, 15) is 20.0 Å². The lowest BCUT2D eigenvalue weighted by atomic mass is 10.1. The first-order valence-corrected chi connectivity index (χ1v) is 6.34. The number of aromatic hydroxyl groups is 1. The topological polar surface area (TPSA) is 128 Å². The van der Waals surface area contributed by atoms with Crippen LogP contribution in [0, 0.1) is 10.1 Å². The van der Waals surface area contributed by atoms with Crippen molar-refractivity contribution >= 4 is 17.8 Å². The molecule has 0 unspecified atom stereocenters. The molecular weight excluding hydrogens is 306 g/mol. The summed E-state index contributed by atoms with van der Waals surface area (Å²) in [5, 5.41) is 20.1. The molecule has 0 radical (unpaired) electrons. The molecule has 0 bridgehead atoms. The third-order valence-electron chi connectivity index (χ3n) is 2.93. The van der Waals surface area contributed by atoms with E-state index in [1.165, 1.54) is 20.3 Å². The summed E-state index contributed by atoms with van der Waals surface area (Å²) in [6.45, 7) is 0. The molecule has 0 spiro atoms. The number of ether oxygens (including phenoxy) is 2. The van der Waals surface area contributed by atoms with E-state index >= 15 is 0 Å². The van der Waals surface area contributed by atoms with Gasteiger partial charge in [-0.2, -0.15) is 4.98 Å². The molecule has 120 valence electrons. The molecule has 1 heterocycles. The molecule has 23 heavy (non-hydrogen) atoms. The summed E-state index contributed by atoms with van der Waals surface area (Å²) in [5.41, 5.74) is -1.41. The maximum Gasteiger partial charge on any atom is 0.395 e. The van der Waals surface area contributed by atoms with Gasteiger partial charge in [0.25, 0.3) is 5.88 Å². The summed E-state index contributed by atoms with van der Waals surface area (Å²) in [4.78, 5) is 27.0. The maximum atomic E-state index is 11.6. The fourth-order valence-electron chi connectivity index (χ4n) is 1.93. The summed E-state index contributed by atoms with van der Waals surface area (Å²) in [5.74, 6) is 0.00126. The highest BCUT2D eigenvalue weighted by Gasteiger charge is 2.21. The monoisotopic (exact) mass is 319 g/mol. The summed E-state index contributed by atoms with van der Waals surface area (Å²) in [6.07, 6.45) is 2.94. The van der Waals surface area contributed by atoms with Crippen LogP contribution in [0.15, 0.2) is 23.0 Å². The van der Waals surface area contributed by atoms with Gasteiger partial charge in [-0.15, -0.1) is 0 Å². The van der Waals surface area contributed by atoms with Crippen LogP contribution in [0.1, 0.15) is 11.4 Å². The number of aromatic nitrogens is 2. The van der Waals surface area contributed by atoms with Crippen molar-refractivity contribution in [2.24, 2.45) is 0 Å². The predicted molar refractivity (Wildman–Crippen MR) is 81.7 cm³/mol. The molecule has 9 heteroatoms. The first kappa shape index (κ1) is 16.0. The quantitative estimate of drug-likeness (QED) is 0.632. The average Bonchev–Trinajstić information content (AvgIpc) is 2.51. The van der Waals surface area contributed by atoms with Gasteiger partial charge in [-0.25, -0.2) is 0 Å². The molecule has 2 N–H and O–H groups in total. The Bertz CT molecular complexity index is 828. The van der Waals surface area contributed by atoms with Gasteiger partial charge in [-0.3, -0.25) is 14.9 Å². The van der Waals surface area contributed by atoms with Gasteiger partial charge in [0.2, 0.25) is 0 Å². The smallest absolute Gasteiger partial charge is 0.395 e. The molecule has 9 nitrogen and oxygen atoms in total. The maximum absolute atomic E-state index is 11.6. The Hall–Kier alpha value is -3.36. The molecule has 0 amide bonds. The molecular formula is C14H13N3O6. The van der Waals surface area contributed by atoms with Crippen molar-refractivity contribution in [3.8, 4) is 17.4 Å². The van der Waals surface area contributed by atoms with Crippen LogP contribution >= 0.6 is 0 Å². The van der Waals surface area contributed by atoms with Crippen molar-refractivity contribution in [3.05, 3.63) is 50.1 Å². The number of nitro groups is 1. The normalized spacial score (nSPS) is 10.7. The lowest BCUT2D eigenvalue weighted by molar-refractivity contribution is -0.387. The highest BCUT2D eigenvalue weighted by molar-refractivity contribution is 5.72. The molecule has 0 atom stereocenters. The van der Waals surface area contributed by atoms with E-state index < -0.39 is 22.0 Å². The zero-order valence-electron chi connectivity index (χ0n) is 12.3. The van der Waals surface area contributed by atoms with Crippen LogP contribution in [0.5, 0.6) is 17.4 Å². The summed E-state index contributed by atoms with van der Waals surface area (Å²) in [7, 11) is 2.98. The molecule has 2 rings (SSSR count). The number of hydrogen-bond acceptors (Lipinski definition) is 7. The van der Waals surface area contributed by atoms with E-state index in [1.54, 1.807) is 24.3 Å². The highest BCUT2D eigenvalue weighted by atomic mass is 16.6. The number of benzene rings is 1. The fraction of sp³-hybridized carbons (Fsp3) is 0.143. The van der Waals surface area contributed by atoms with Crippen LogP contribution in [-0.4, -0.2) is 34.2 Å². The minimum Gasteiger partial charge on any atom is -0.493 e. The van der Waals surface area contributed by atoms with Crippen molar-refractivity contribution in [2.45, 2.75) is 0 Å². The average molecular weight is 319 g/mol. The zero-order valence-corrected chi connectivity index (χ0v) is 12.3. The second-order valence-corrected chi connectivity index (χ2v) is 4.30. The van der Waals surface area contributed by atoms with Gasteiger partial charge in [-0.05, 0) is 18.2 Å². The SMILES string of the molecule is COc1cccc(/C=C/c2nc(O)c([N+](=O)[O-])c(=O)[nH]2)c1OC. The predicted octanol–water partition coefficient (Wildman–Crippen LogP) is 1.57. The van der Waals surface area contributed by atoms with Crippen LogP contribution in [-0.2, 0) is 0 Å². The first-order chi connectivity index (χ1) is 11.0. The van der Waals surface area contributed by atoms with Gasteiger partial charge in [-0.1, -0.05) is 12.1 Å². The lowest BCUT2D eigenvalue weighted by Crippen LogP contribution is -2.14. The van der Waals surface area contributed by atoms with Crippen molar-refractivity contribution in [1.29, 1.82) is 0 Å². The van der Waals surface area contributed by atoms with Crippen LogP contribution in [0.3, 0.4) is 0 Å². The van der Waals surface area contributed by atoms with E-state index in [0.29, 0.717) is 17.1 Å². The molecule has 0 aliphatic rings. The van der Waals surface area contributed by atoms with Crippen molar-refractivity contribution in [1.82, 2.24) is 9.97 Å². The van der Waals surface area contributed by atoms with Gasteiger partial charge in [0.05, 0.1) is 19.1 Å². The number of nitrogens with one attached hydrogen (secondary N) is 1. The minimum atomic E-state index is -1.04. The number of H-pyrrole nitrogens is 1. The molecule has 2 aromatic rings. The van der Waals surface area contributed by atoms with Crippen molar-refractivity contribution in [3.63, 3.8) is 0 Å². The van der Waals surface area contributed by atoms with Crippen LogP contribution in [0.2, 0.25) is 0 Å². The molecule has 0 aliphatic carbocycles. The minimum absolute atomic E-state index is 0.0389. The largest absolute Gasteiger partial charge is 0.493 e. The van der Waals surface area contributed by atoms with Gasteiger partial charge >= 0.3 is 11.2 Å². The number of nitrogens with zero attached hydrogens (tertiary/aromatic N) is 2. The Morgan fingerprint density at radius 1 is 1.30 bits per heavy atom. The third kappa shape index (κ3) is 3.28. The molecule has 0 saturated heterocycles. The summed E-state index contributed by atoms with van der Waals surface area (Å²) in [6, 6.07) is 5.19. The number of para-hydroxylation sites is 1. The number of rotatable bonds is 5. The zero-order chi connectivity index (χ0) is 17.0. The van der Waals surface area contributed by atoms with Gasteiger partial charge in [0.15, 0.2) is 11.5 Å². The van der Waals surface area contributed by atoms with Crippen molar-refractivity contribution < 1.29 is 19.5 Å². The molecule has 0 saturated carbocycles. The Morgan fingerprint density at radius 3 is 2.61 bits per heavy atom. The highest BCUT2D eigenvalue weighted by Crippen LogP contribution is 2.31. The van der Waals surface area contributed by atoms with Crippen LogP contribution in [0.25, 0.3) is 12.2 Å². The fourth-order valence-corrected chi connectivity index (χ4v) is 1.93. The van der Waals surface area contributed by atoms with Crippen LogP contribution in [0.4, 0.5) is 5.69 Å². The van der Waals surface area contributed by atoms with E-state index in [2.05, 4.69) is 9.97 Å². The van der Waals surface area contributed by atoms with E-state index in [0.717, 1.165) is 0 Å². The standard InChI is InChI=1S/C14H13N3O6/c1-22-9-5-3-4-8(12(9)23-2)6-7-10-15-13(18)11(17(20)21)14(19)16-10/h3-7H,1-2H3,(H2,15,16,18,19)/b7-6+. The van der Waals surface area contributed by atoms with Gasteiger partial charge in [0.1, 0.15) is 5.82 Å². The summed E-state index contributed by atoms with van der Waals surface area (Å²) < 4.78 is 10.4. The van der Waals surface area contributed by atoms with Gasteiger partial charge < -0.3 is 19.6 Å². The Morgan fingerprint density at radius 2 is 2.04 bits per heavy atom. The third-order valence-corrected chi connectivity index (χ3v) is 2.93. The molecule has 1 aromatic heterocycles. The molecule has 1 aromatic carbocycles. The number of hydrogen-bond donors (Lipinski definition) is 2. The Labute approximate surface area is 130 Å². The van der Waals surface area contributed by atoms with E-state index in [1.807, 2.05) is 0 Å². The molecule has 0 aliphatic heterocycles. The molecule has 0 fully saturated rings. The Balaban J connectivity index is 2.42.